The van der Waals surface area contributed by atoms with E-state index in [9.17, 15) is 18.0 Å². The van der Waals surface area contributed by atoms with Gasteiger partial charge < -0.3 is 15.0 Å². The number of anilines is 1. The number of amides is 2. The number of benzene rings is 2. The van der Waals surface area contributed by atoms with Crippen LogP contribution >= 0.6 is 34.8 Å². The predicted molar refractivity (Wildman–Crippen MR) is 145 cm³/mol. The van der Waals surface area contributed by atoms with Gasteiger partial charge in [0.05, 0.1) is 19.1 Å². The van der Waals surface area contributed by atoms with Crippen molar-refractivity contribution in [1.29, 1.82) is 0 Å². The van der Waals surface area contributed by atoms with Crippen LogP contribution in [-0.2, 0) is 26.2 Å². The molecule has 0 spiro atoms. The third-order valence-corrected chi connectivity index (χ3v) is 7.37. The quantitative estimate of drug-likeness (QED) is 0.415. The molecular formula is C24H30Cl3N3O5S. The Morgan fingerprint density at radius 1 is 1.08 bits per heavy atom. The summed E-state index contributed by atoms with van der Waals surface area (Å²) in [6.07, 6.45) is 1.24. The van der Waals surface area contributed by atoms with Crippen molar-refractivity contribution in [3.05, 3.63) is 57.0 Å². The maximum absolute atomic E-state index is 13.8. The van der Waals surface area contributed by atoms with Crippen molar-refractivity contribution in [2.24, 2.45) is 0 Å². The van der Waals surface area contributed by atoms with Gasteiger partial charge in [0.25, 0.3) is 0 Å². The van der Waals surface area contributed by atoms with E-state index in [0.717, 1.165) is 10.6 Å². The molecule has 2 rings (SSSR count). The van der Waals surface area contributed by atoms with Gasteiger partial charge in [-0.1, -0.05) is 47.8 Å². The smallest absolute Gasteiger partial charge is 0.244 e. The Kier molecular flexibility index (Phi) is 10.7. The number of sulfonamides is 1. The van der Waals surface area contributed by atoms with Crippen molar-refractivity contribution in [3.8, 4) is 5.75 Å². The number of nitrogens with zero attached hydrogens (tertiary/aromatic N) is 2. The number of carbonyl (C=O) groups is 2. The average molecular weight is 579 g/mol. The molecule has 0 aromatic heterocycles. The number of methoxy groups -OCH3 is 1. The van der Waals surface area contributed by atoms with E-state index in [0.29, 0.717) is 15.6 Å². The number of hydrogen-bond donors (Lipinski definition) is 1. The van der Waals surface area contributed by atoms with Crippen molar-refractivity contribution < 1.29 is 22.7 Å². The van der Waals surface area contributed by atoms with Gasteiger partial charge in [0.2, 0.25) is 21.8 Å². The van der Waals surface area contributed by atoms with Crippen molar-refractivity contribution in [2.75, 3.05) is 24.2 Å². The molecule has 0 saturated heterocycles. The van der Waals surface area contributed by atoms with Crippen molar-refractivity contribution in [1.82, 2.24) is 10.2 Å². The van der Waals surface area contributed by atoms with Gasteiger partial charge in [-0.2, -0.15) is 0 Å². The van der Waals surface area contributed by atoms with E-state index in [-0.39, 0.29) is 41.4 Å². The first-order valence-corrected chi connectivity index (χ1v) is 14.1. The molecule has 12 heteroatoms. The highest BCUT2D eigenvalue weighted by atomic mass is 35.5. The molecule has 0 aliphatic rings. The van der Waals surface area contributed by atoms with Crippen molar-refractivity contribution >= 4 is 62.3 Å². The van der Waals surface area contributed by atoms with Gasteiger partial charge in [-0.25, -0.2) is 8.42 Å². The largest absolute Gasteiger partial charge is 0.495 e. The molecule has 0 saturated carbocycles. The van der Waals surface area contributed by atoms with Crippen LogP contribution in [0.5, 0.6) is 5.75 Å². The monoisotopic (exact) mass is 577 g/mol. The number of nitrogens with one attached hydrogen (secondary N) is 1. The number of rotatable bonds is 11. The van der Waals surface area contributed by atoms with Gasteiger partial charge in [0, 0.05) is 33.2 Å². The molecule has 1 atom stereocenters. The molecule has 0 aliphatic carbocycles. The van der Waals surface area contributed by atoms with Crippen LogP contribution in [0.2, 0.25) is 15.1 Å². The second kappa shape index (κ2) is 12.9. The van der Waals surface area contributed by atoms with Gasteiger partial charge in [0.15, 0.2) is 0 Å². The SMILES string of the molecule is CC[C@@H](C(=O)NC(C)C)N(Cc1c(Cl)cccc1Cl)C(=O)CN(c1cc(Cl)ccc1OC)S(C)(=O)=O. The zero-order valence-corrected chi connectivity index (χ0v) is 23.8. The lowest BCUT2D eigenvalue weighted by Gasteiger charge is -2.33. The highest BCUT2D eigenvalue weighted by Crippen LogP contribution is 2.33. The van der Waals surface area contributed by atoms with Crippen LogP contribution in [0.4, 0.5) is 5.69 Å². The molecule has 0 aliphatic heterocycles. The maximum atomic E-state index is 13.8. The van der Waals surface area contributed by atoms with Crippen LogP contribution in [0.3, 0.4) is 0 Å². The van der Waals surface area contributed by atoms with Crippen LogP contribution in [0.1, 0.15) is 32.8 Å². The Hall–Kier alpha value is -2.20. The van der Waals surface area contributed by atoms with Crippen LogP contribution < -0.4 is 14.4 Å². The molecular weight excluding hydrogens is 549 g/mol. The fraction of sp³-hybridized carbons (Fsp3) is 0.417. The van der Waals surface area contributed by atoms with Crippen molar-refractivity contribution in [2.45, 2.75) is 45.8 Å². The van der Waals surface area contributed by atoms with Gasteiger partial charge in [-0.15, -0.1) is 0 Å². The maximum Gasteiger partial charge on any atom is 0.244 e. The van der Waals surface area contributed by atoms with Gasteiger partial charge >= 0.3 is 0 Å². The van der Waals surface area contributed by atoms with E-state index < -0.39 is 28.5 Å². The number of ether oxygens (including phenoxy) is 1. The molecule has 0 heterocycles. The Morgan fingerprint density at radius 3 is 2.19 bits per heavy atom. The second-order valence-corrected chi connectivity index (χ2v) is 11.6. The Bertz CT molecular complexity index is 1190. The third-order valence-electron chi connectivity index (χ3n) is 5.30. The summed E-state index contributed by atoms with van der Waals surface area (Å²) in [5.41, 5.74) is 0.535. The molecule has 2 amide bonds. The van der Waals surface area contributed by atoms with Gasteiger partial charge in [-0.05, 0) is 50.6 Å². The number of hydrogen-bond acceptors (Lipinski definition) is 5. The minimum atomic E-state index is -3.96. The summed E-state index contributed by atoms with van der Waals surface area (Å²) < 4.78 is 31.8. The fourth-order valence-corrected chi connectivity index (χ4v) is 5.13. The summed E-state index contributed by atoms with van der Waals surface area (Å²) in [7, 11) is -2.58. The molecule has 0 bridgehead atoms. The van der Waals surface area contributed by atoms with E-state index in [1.165, 1.54) is 24.1 Å². The molecule has 0 fully saturated rings. The first-order valence-electron chi connectivity index (χ1n) is 11.1. The summed E-state index contributed by atoms with van der Waals surface area (Å²) in [4.78, 5) is 28.1. The van der Waals surface area contributed by atoms with Crippen LogP contribution in [0, 0.1) is 0 Å². The molecule has 8 nitrogen and oxygen atoms in total. The zero-order valence-electron chi connectivity index (χ0n) is 20.7. The van der Waals surface area contributed by atoms with Crippen LogP contribution in [0.15, 0.2) is 36.4 Å². The van der Waals surface area contributed by atoms with Gasteiger partial charge in [0.1, 0.15) is 18.3 Å². The fourth-order valence-electron chi connectivity index (χ4n) is 3.61. The lowest BCUT2D eigenvalue weighted by molar-refractivity contribution is -0.140. The van der Waals surface area contributed by atoms with Crippen LogP contribution in [0.25, 0.3) is 0 Å². The summed E-state index contributed by atoms with van der Waals surface area (Å²) in [6, 6.07) is 8.28. The van der Waals surface area contributed by atoms with E-state index in [1.807, 2.05) is 0 Å². The highest BCUT2D eigenvalue weighted by Gasteiger charge is 2.33. The molecule has 36 heavy (non-hydrogen) atoms. The van der Waals surface area contributed by atoms with E-state index in [1.54, 1.807) is 45.0 Å². The predicted octanol–water partition coefficient (Wildman–Crippen LogP) is 4.75. The molecule has 2 aromatic carbocycles. The number of halogens is 3. The van der Waals surface area contributed by atoms with Gasteiger partial charge in [-0.3, -0.25) is 13.9 Å². The van der Waals surface area contributed by atoms with E-state index in [4.69, 9.17) is 39.5 Å². The first kappa shape index (κ1) is 30.0. The molecule has 0 unspecified atom stereocenters. The molecule has 198 valence electrons. The molecule has 0 radical (unpaired) electrons. The first-order chi connectivity index (χ1) is 16.8. The van der Waals surface area contributed by atoms with Crippen LogP contribution in [-0.4, -0.2) is 57.1 Å². The Labute approximate surface area is 227 Å². The minimum absolute atomic E-state index is 0.0938. The number of carbonyl (C=O) groups excluding carboxylic acids is 2. The van der Waals surface area contributed by atoms with E-state index >= 15 is 0 Å². The lowest BCUT2D eigenvalue weighted by atomic mass is 10.1. The normalized spacial score (nSPS) is 12.2. The standard InChI is InChI=1S/C24H30Cl3N3O5S/c1-6-20(24(32)28-15(2)3)29(13-17-18(26)8-7-9-19(17)27)23(31)14-30(36(5,33)34)21-12-16(25)10-11-22(21)35-4/h7-12,15,20H,6,13-14H2,1-5H3,(H,28,32)/t20-/m0/s1. The Morgan fingerprint density at radius 2 is 1.69 bits per heavy atom. The minimum Gasteiger partial charge on any atom is -0.495 e. The lowest BCUT2D eigenvalue weighted by Crippen LogP contribution is -2.53. The highest BCUT2D eigenvalue weighted by molar-refractivity contribution is 7.92. The third kappa shape index (κ3) is 7.65. The summed E-state index contributed by atoms with van der Waals surface area (Å²) in [5, 5.41) is 3.71. The zero-order chi connectivity index (χ0) is 27.2. The molecule has 2 aromatic rings. The summed E-state index contributed by atoms with van der Waals surface area (Å²) in [6.45, 7) is 4.65. The van der Waals surface area contributed by atoms with E-state index in [2.05, 4.69) is 5.32 Å². The summed E-state index contributed by atoms with van der Waals surface area (Å²) in [5.74, 6) is -0.803. The second-order valence-electron chi connectivity index (χ2n) is 8.39. The Balaban J connectivity index is 2.57. The molecule has 1 N–H and O–H groups in total. The average Bonchev–Trinajstić information content (AvgIpc) is 2.77. The van der Waals surface area contributed by atoms with Crippen molar-refractivity contribution in [3.63, 3.8) is 0 Å². The summed E-state index contributed by atoms with van der Waals surface area (Å²) >= 11 is 18.8. The topological polar surface area (TPSA) is 96.0 Å².